The minimum Gasteiger partial charge on any atom is -0.325 e. The van der Waals surface area contributed by atoms with Gasteiger partial charge in [0.25, 0.3) is 0 Å². The highest BCUT2D eigenvalue weighted by Crippen LogP contribution is 2.31. The molecule has 1 fully saturated rings. The van der Waals surface area contributed by atoms with Gasteiger partial charge in [0.2, 0.25) is 5.91 Å². The summed E-state index contributed by atoms with van der Waals surface area (Å²) in [5.74, 6) is 0.883. The van der Waals surface area contributed by atoms with E-state index < -0.39 is 0 Å². The molecule has 0 aromatic heterocycles. The Morgan fingerprint density at radius 1 is 1.35 bits per heavy atom. The third kappa shape index (κ3) is 2.51. The van der Waals surface area contributed by atoms with Gasteiger partial charge in [-0.3, -0.25) is 4.79 Å². The lowest BCUT2D eigenvalue weighted by Gasteiger charge is -2.25. The first-order chi connectivity index (χ1) is 8.09. The van der Waals surface area contributed by atoms with Crippen molar-refractivity contribution in [2.45, 2.75) is 46.0 Å². The zero-order chi connectivity index (χ0) is 12.4. The number of hydrogen-bond donors (Lipinski definition) is 1. The van der Waals surface area contributed by atoms with Gasteiger partial charge >= 0.3 is 0 Å². The summed E-state index contributed by atoms with van der Waals surface area (Å²) in [6.45, 7) is 6.38. The van der Waals surface area contributed by atoms with Crippen molar-refractivity contribution in [3.63, 3.8) is 0 Å². The minimum absolute atomic E-state index is 0.201. The van der Waals surface area contributed by atoms with Gasteiger partial charge in [-0.15, -0.1) is 0 Å². The summed E-state index contributed by atoms with van der Waals surface area (Å²) < 4.78 is 0. The third-order valence-electron chi connectivity index (χ3n) is 3.65. The maximum absolute atomic E-state index is 12.0. The quantitative estimate of drug-likeness (QED) is 0.841. The molecule has 1 aliphatic rings. The zero-order valence-electron chi connectivity index (χ0n) is 10.9. The second-order valence-corrected chi connectivity index (χ2v) is 5.31. The molecule has 1 aliphatic carbocycles. The minimum atomic E-state index is 0.201. The molecule has 1 amide bonds. The van der Waals surface area contributed by atoms with Crippen molar-refractivity contribution in [2.24, 2.45) is 5.92 Å². The molecule has 0 heterocycles. The number of rotatable bonds is 3. The Balaban J connectivity index is 2.21. The van der Waals surface area contributed by atoms with Crippen molar-refractivity contribution in [3.05, 3.63) is 29.3 Å². The first-order valence-electron chi connectivity index (χ1n) is 6.50. The maximum atomic E-state index is 12.0. The number of carbonyl (C=O) groups is 1. The van der Waals surface area contributed by atoms with Crippen molar-refractivity contribution in [1.82, 2.24) is 0 Å². The van der Waals surface area contributed by atoms with Crippen LogP contribution in [0.3, 0.4) is 0 Å². The van der Waals surface area contributed by atoms with E-state index in [1.807, 2.05) is 0 Å². The summed E-state index contributed by atoms with van der Waals surface area (Å²) >= 11 is 0. The van der Waals surface area contributed by atoms with Gasteiger partial charge in [-0.05, 0) is 36.8 Å². The van der Waals surface area contributed by atoms with E-state index >= 15 is 0 Å². The molecule has 0 saturated heterocycles. The summed E-state index contributed by atoms with van der Waals surface area (Å²) in [5.41, 5.74) is 3.42. The number of carbonyl (C=O) groups excluding carboxylic acids is 1. The van der Waals surface area contributed by atoms with E-state index in [4.69, 9.17) is 0 Å². The second kappa shape index (κ2) is 4.91. The molecular weight excluding hydrogens is 210 g/mol. The summed E-state index contributed by atoms with van der Waals surface area (Å²) in [6, 6.07) is 6.22. The van der Waals surface area contributed by atoms with E-state index in [1.165, 1.54) is 12.0 Å². The average molecular weight is 231 g/mol. The molecule has 1 aromatic rings. The van der Waals surface area contributed by atoms with E-state index in [0.717, 1.165) is 24.1 Å². The van der Waals surface area contributed by atoms with Crippen LogP contribution in [0, 0.1) is 12.8 Å². The molecule has 0 unspecified atom stereocenters. The van der Waals surface area contributed by atoms with Gasteiger partial charge in [-0.25, -0.2) is 0 Å². The number of amides is 1. The fraction of sp³-hybridized carbons (Fsp3) is 0.533. The molecular formula is C15H21NO. The normalized spacial score (nSPS) is 15.8. The van der Waals surface area contributed by atoms with E-state index in [-0.39, 0.29) is 11.8 Å². The third-order valence-corrected chi connectivity index (χ3v) is 3.65. The van der Waals surface area contributed by atoms with E-state index in [2.05, 4.69) is 44.3 Å². The Kier molecular flexibility index (Phi) is 3.51. The predicted molar refractivity (Wildman–Crippen MR) is 71.2 cm³/mol. The van der Waals surface area contributed by atoms with Crippen LogP contribution in [-0.2, 0) is 4.79 Å². The van der Waals surface area contributed by atoms with Crippen molar-refractivity contribution in [3.8, 4) is 0 Å². The monoisotopic (exact) mass is 231 g/mol. The lowest BCUT2D eigenvalue weighted by molar-refractivity contribution is -0.122. The van der Waals surface area contributed by atoms with Gasteiger partial charge in [0.15, 0.2) is 0 Å². The molecule has 0 spiro atoms. The lowest BCUT2D eigenvalue weighted by atomic mass is 9.84. The molecule has 1 N–H and O–H groups in total. The molecule has 0 atom stereocenters. The van der Waals surface area contributed by atoms with Crippen molar-refractivity contribution < 1.29 is 4.79 Å². The Morgan fingerprint density at radius 2 is 2.06 bits per heavy atom. The van der Waals surface area contributed by atoms with Gasteiger partial charge in [0, 0.05) is 11.6 Å². The van der Waals surface area contributed by atoms with Crippen molar-refractivity contribution >= 4 is 11.6 Å². The van der Waals surface area contributed by atoms with Crippen LogP contribution in [0.1, 0.15) is 50.2 Å². The van der Waals surface area contributed by atoms with Crippen LogP contribution >= 0.6 is 0 Å². The fourth-order valence-corrected chi connectivity index (χ4v) is 2.24. The average Bonchev–Trinajstić information content (AvgIpc) is 2.17. The standard InChI is InChI=1S/C15H21NO/c1-10(2)13-9-4-6-11(3)14(13)16-15(17)12-7-5-8-12/h4,6,9-10,12H,5,7-8H2,1-3H3,(H,16,17). The van der Waals surface area contributed by atoms with E-state index in [9.17, 15) is 4.79 Å². The van der Waals surface area contributed by atoms with Crippen LogP contribution in [0.15, 0.2) is 18.2 Å². The SMILES string of the molecule is Cc1cccc(C(C)C)c1NC(=O)C1CCC1. The predicted octanol–water partition coefficient (Wildman–Crippen LogP) is 3.86. The summed E-state index contributed by atoms with van der Waals surface area (Å²) in [7, 11) is 0. The molecule has 0 bridgehead atoms. The fourth-order valence-electron chi connectivity index (χ4n) is 2.24. The summed E-state index contributed by atoms with van der Waals surface area (Å²) in [6.07, 6.45) is 3.30. The van der Waals surface area contributed by atoms with Crippen LogP contribution in [-0.4, -0.2) is 5.91 Å². The molecule has 92 valence electrons. The highest BCUT2D eigenvalue weighted by molar-refractivity contribution is 5.94. The number of para-hydroxylation sites is 1. The molecule has 2 nitrogen and oxygen atoms in total. The van der Waals surface area contributed by atoms with Crippen LogP contribution in [0.2, 0.25) is 0 Å². The van der Waals surface area contributed by atoms with Gasteiger partial charge in [-0.2, -0.15) is 0 Å². The summed E-state index contributed by atoms with van der Waals surface area (Å²) in [5, 5.41) is 3.12. The molecule has 17 heavy (non-hydrogen) atoms. The Morgan fingerprint density at radius 3 is 2.59 bits per heavy atom. The van der Waals surface area contributed by atoms with Crippen LogP contribution < -0.4 is 5.32 Å². The number of anilines is 1. The van der Waals surface area contributed by atoms with E-state index in [0.29, 0.717) is 5.92 Å². The molecule has 2 heteroatoms. The second-order valence-electron chi connectivity index (χ2n) is 5.31. The molecule has 2 rings (SSSR count). The first-order valence-corrected chi connectivity index (χ1v) is 6.50. The number of hydrogen-bond acceptors (Lipinski definition) is 1. The number of aryl methyl sites for hydroxylation is 1. The summed E-state index contributed by atoms with van der Waals surface area (Å²) in [4.78, 5) is 12.0. The lowest BCUT2D eigenvalue weighted by Crippen LogP contribution is -2.28. The van der Waals surface area contributed by atoms with E-state index in [1.54, 1.807) is 0 Å². The van der Waals surface area contributed by atoms with Crippen molar-refractivity contribution in [1.29, 1.82) is 0 Å². The van der Waals surface area contributed by atoms with Crippen LogP contribution in [0.4, 0.5) is 5.69 Å². The van der Waals surface area contributed by atoms with Gasteiger partial charge in [0.1, 0.15) is 0 Å². The Labute approximate surface area is 103 Å². The van der Waals surface area contributed by atoms with Crippen LogP contribution in [0.25, 0.3) is 0 Å². The van der Waals surface area contributed by atoms with Gasteiger partial charge < -0.3 is 5.32 Å². The van der Waals surface area contributed by atoms with Crippen molar-refractivity contribution in [2.75, 3.05) is 5.32 Å². The first kappa shape index (κ1) is 12.2. The Hall–Kier alpha value is -1.31. The smallest absolute Gasteiger partial charge is 0.227 e. The van der Waals surface area contributed by atoms with Gasteiger partial charge in [-0.1, -0.05) is 38.5 Å². The molecule has 1 aromatic carbocycles. The maximum Gasteiger partial charge on any atom is 0.227 e. The molecule has 1 saturated carbocycles. The van der Waals surface area contributed by atoms with Gasteiger partial charge in [0.05, 0.1) is 0 Å². The zero-order valence-corrected chi connectivity index (χ0v) is 10.9. The highest BCUT2D eigenvalue weighted by atomic mass is 16.1. The highest BCUT2D eigenvalue weighted by Gasteiger charge is 2.26. The number of nitrogens with one attached hydrogen (secondary N) is 1. The molecule has 0 aliphatic heterocycles. The largest absolute Gasteiger partial charge is 0.325 e. The number of benzene rings is 1. The topological polar surface area (TPSA) is 29.1 Å². The van der Waals surface area contributed by atoms with Crippen LogP contribution in [0.5, 0.6) is 0 Å². The Bertz CT molecular complexity index is 419. The molecule has 0 radical (unpaired) electrons.